The number of allylic oxidation sites excluding steroid dienone is 4. The van der Waals surface area contributed by atoms with Gasteiger partial charge in [-0.1, -0.05) is 91.6 Å². The summed E-state index contributed by atoms with van der Waals surface area (Å²) in [5, 5.41) is 11.0. The Bertz CT molecular complexity index is 1920. The molecule has 6 unspecified atom stereocenters. The number of ether oxygens (including phenoxy) is 2. The number of carbonyl (C=O) groups is 4. The van der Waals surface area contributed by atoms with Crippen LogP contribution in [0.5, 0.6) is 17.2 Å². The summed E-state index contributed by atoms with van der Waals surface area (Å²) < 4.78 is 11.2. The van der Waals surface area contributed by atoms with Crippen molar-refractivity contribution in [3.05, 3.63) is 107 Å². The number of hydrogen-bond acceptors (Lipinski definition) is 7. The average molecular weight is 672 g/mol. The fraction of sp³-hybridized carbons (Fsp3) is 0.381. The Labute approximate surface area is 291 Å². The number of ketones is 2. The van der Waals surface area contributed by atoms with E-state index in [2.05, 4.69) is 6.08 Å². The molecule has 5 aliphatic rings. The Hall–Kier alpha value is -4.98. The van der Waals surface area contributed by atoms with Crippen molar-refractivity contribution in [3.8, 4) is 17.2 Å². The minimum atomic E-state index is -1.38. The molecule has 2 saturated carbocycles. The summed E-state index contributed by atoms with van der Waals surface area (Å²) in [6.07, 6.45) is 8.90. The van der Waals surface area contributed by atoms with Crippen LogP contribution in [0.25, 0.3) is 5.57 Å². The fourth-order valence-electron chi connectivity index (χ4n) is 10.1. The van der Waals surface area contributed by atoms with Gasteiger partial charge in [0.2, 0.25) is 17.6 Å². The number of phenolic OH excluding ortho intramolecular Hbond substituents is 1. The van der Waals surface area contributed by atoms with Gasteiger partial charge in [-0.3, -0.25) is 24.1 Å². The number of imide groups is 1. The smallest absolute Gasteiger partial charge is 0.233 e. The highest BCUT2D eigenvalue weighted by Gasteiger charge is 2.66. The number of fused-ring (bicyclic) bond motifs is 4. The van der Waals surface area contributed by atoms with Crippen LogP contribution in [-0.4, -0.2) is 53.6 Å². The molecule has 4 aliphatic carbocycles. The van der Waals surface area contributed by atoms with E-state index in [0.717, 1.165) is 37.7 Å². The molecule has 1 aliphatic heterocycles. The van der Waals surface area contributed by atoms with E-state index in [9.17, 15) is 14.7 Å². The fourth-order valence-corrected chi connectivity index (χ4v) is 10.1. The number of nitrogens with zero attached hydrogens (tertiary/aromatic N) is 1. The van der Waals surface area contributed by atoms with E-state index in [4.69, 9.17) is 9.47 Å². The van der Waals surface area contributed by atoms with Gasteiger partial charge in [0.1, 0.15) is 0 Å². The van der Waals surface area contributed by atoms with Crippen molar-refractivity contribution in [2.75, 3.05) is 14.2 Å². The summed E-state index contributed by atoms with van der Waals surface area (Å²) in [6, 6.07) is 22.0. The summed E-state index contributed by atoms with van der Waals surface area (Å²) in [5.74, 6) is -3.63. The third-order valence-corrected chi connectivity index (χ3v) is 12.2. The van der Waals surface area contributed by atoms with Crippen LogP contribution >= 0.6 is 0 Å². The maximum absolute atomic E-state index is 15.2. The molecule has 3 aromatic carbocycles. The summed E-state index contributed by atoms with van der Waals surface area (Å²) >= 11 is 0. The van der Waals surface area contributed by atoms with Crippen molar-refractivity contribution in [1.82, 2.24) is 4.90 Å². The quantitative estimate of drug-likeness (QED) is 0.233. The van der Waals surface area contributed by atoms with Gasteiger partial charge >= 0.3 is 0 Å². The molecule has 8 rings (SSSR count). The number of hydrogen-bond donors (Lipinski definition) is 1. The first kappa shape index (κ1) is 32.2. The minimum Gasteiger partial charge on any atom is -0.502 e. The molecule has 0 radical (unpaired) electrons. The minimum absolute atomic E-state index is 0.100. The lowest BCUT2D eigenvalue weighted by Gasteiger charge is -2.55. The molecule has 1 heterocycles. The van der Waals surface area contributed by atoms with Crippen LogP contribution in [0.2, 0.25) is 0 Å². The number of amides is 2. The Kier molecular flexibility index (Phi) is 8.00. The van der Waals surface area contributed by atoms with Gasteiger partial charge in [0.05, 0.1) is 31.5 Å². The van der Waals surface area contributed by atoms with Crippen molar-refractivity contribution < 1.29 is 33.8 Å². The second-order valence-electron chi connectivity index (χ2n) is 14.4. The van der Waals surface area contributed by atoms with Gasteiger partial charge in [-0.05, 0) is 66.5 Å². The third-order valence-electron chi connectivity index (χ3n) is 12.2. The first-order valence-corrected chi connectivity index (χ1v) is 17.7. The molecule has 50 heavy (non-hydrogen) atoms. The topological polar surface area (TPSA) is 110 Å². The molecular formula is C42H41NO7. The van der Waals surface area contributed by atoms with Crippen molar-refractivity contribution >= 4 is 29.0 Å². The number of rotatable bonds is 6. The van der Waals surface area contributed by atoms with Gasteiger partial charge in [-0.15, -0.1) is 0 Å². The normalized spacial score (nSPS) is 29.5. The first-order chi connectivity index (χ1) is 24.3. The van der Waals surface area contributed by atoms with Crippen LogP contribution in [0.3, 0.4) is 0 Å². The average Bonchev–Trinajstić information content (AvgIpc) is 3.42. The van der Waals surface area contributed by atoms with Gasteiger partial charge in [0.25, 0.3) is 0 Å². The first-order valence-electron chi connectivity index (χ1n) is 17.7. The summed E-state index contributed by atoms with van der Waals surface area (Å²) in [4.78, 5) is 60.5. The molecule has 3 fully saturated rings. The van der Waals surface area contributed by atoms with Gasteiger partial charge < -0.3 is 14.6 Å². The van der Waals surface area contributed by atoms with Gasteiger partial charge in [0.15, 0.2) is 23.1 Å². The lowest BCUT2D eigenvalue weighted by molar-refractivity contribution is -0.144. The Balaban J connectivity index is 1.37. The lowest BCUT2D eigenvalue weighted by Crippen LogP contribution is -2.58. The number of carbonyl (C=O) groups excluding carboxylic acids is 4. The predicted octanol–water partition coefficient (Wildman–Crippen LogP) is 6.57. The number of benzene rings is 3. The SMILES string of the molecule is COc1cc(C2C3=CCC4C(=O)N(C5CCCCC5)C(=O)C4C3CC3C(=O)C(c4ccccc4)=CC(=O)C32c2ccccc2)cc(OC)c1O. The monoisotopic (exact) mass is 671 g/mol. The van der Waals surface area contributed by atoms with E-state index in [-0.39, 0.29) is 53.1 Å². The van der Waals surface area contributed by atoms with Crippen LogP contribution < -0.4 is 9.47 Å². The van der Waals surface area contributed by atoms with Crippen molar-refractivity contribution in [1.29, 1.82) is 0 Å². The van der Waals surface area contributed by atoms with E-state index in [1.165, 1.54) is 20.3 Å². The second kappa shape index (κ2) is 12.4. The molecule has 1 saturated heterocycles. The number of Topliss-reactive ketones (excluding diaryl/α,β-unsaturated/α-hetero) is 1. The van der Waals surface area contributed by atoms with Gasteiger partial charge in [0, 0.05) is 23.5 Å². The Morgan fingerprint density at radius 3 is 2.08 bits per heavy atom. The second-order valence-corrected chi connectivity index (χ2v) is 14.4. The highest BCUT2D eigenvalue weighted by Crippen LogP contribution is 2.64. The van der Waals surface area contributed by atoms with Gasteiger partial charge in [-0.2, -0.15) is 0 Å². The zero-order chi connectivity index (χ0) is 34.7. The number of likely N-dealkylation sites (tertiary alicyclic amines) is 1. The van der Waals surface area contributed by atoms with Crippen molar-refractivity contribution in [2.24, 2.45) is 23.7 Å². The van der Waals surface area contributed by atoms with Crippen LogP contribution in [0, 0.1) is 23.7 Å². The molecule has 6 atom stereocenters. The molecule has 0 bridgehead atoms. The Morgan fingerprint density at radius 2 is 1.44 bits per heavy atom. The van der Waals surface area contributed by atoms with E-state index in [0.29, 0.717) is 28.7 Å². The highest BCUT2D eigenvalue weighted by molar-refractivity contribution is 6.31. The molecule has 256 valence electrons. The van der Waals surface area contributed by atoms with Crippen molar-refractivity contribution in [3.63, 3.8) is 0 Å². The molecule has 0 aromatic heterocycles. The molecular weight excluding hydrogens is 630 g/mol. The Morgan fingerprint density at radius 1 is 0.800 bits per heavy atom. The van der Waals surface area contributed by atoms with E-state index in [1.807, 2.05) is 60.7 Å². The van der Waals surface area contributed by atoms with E-state index in [1.54, 1.807) is 17.0 Å². The van der Waals surface area contributed by atoms with Crippen LogP contribution in [0.1, 0.15) is 67.6 Å². The lowest BCUT2D eigenvalue weighted by atomic mass is 9.44. The predicted molar refractivity (Wildman–Crippen MR) is 187 cm³/mol. The van der Waals surface area contributed by atoms with Crippen LogP contribution in [-0.2, 0) is 24.6 Å². The molecule has 2 amide bonds. The molecule has 3 aromatic rings. The number of methoxy groups -OCH3 is 2. The molecule has 1 N–H and O–H groups in total. The van der Waals surface area contributed by atoms with Crippen LogP contribution in [0.4, 0.5) is 0 Å². The highest BCUT2D eigenvalue weighted by atomic mass is 16.5. The van der Waals surface area contributed by atoms with Gasteiger partial charge in [-0.25, -0.2) is 0 Å². The number of aromatic hydroxyl groups is 1. The largest absolute Gasteiger partial charge is 0.502 e. The maximum atomic E-state index is 15.2. The standard InChI is InChI=1S/C42H41NO7/c1-49-33-20-25(21-34(50-2)39(33)46)37-28-18-19-29-36(41(48)43(40(29)47)27-16-10-5-11-17-27)31(28)22-32-38(45)30(24-12-6-3-7-13-24)23-35(44)42(32,37)26-14-8-4-9-15-26/h3-4,6-9,12-15,18,20-21,23,27,29,31-32,36-37,46H,5,10-11,16-17,19,22H2,1-2H3. The summed E-state index contributed by atoms with van der Waals surface area (Å²) in [5.41, 5.74) is 1.82. The summed E-state index contributed by atoms with van der Waals surface area (Å²) in [6.45, 7) is 0. The van der Waals surface area contributed by atoms with Crippen LogP contribution in [0.15, 0.2) is 90.5 Å². The molecule has 8 heteroatoms. The summed E-state index contributed by atoms with van der Waals surface area (Å²) in [7, 11) is 2.91. The molecule has 0 spiro atoms. The molecule has 8 nitrogen and oxygen atoms in total. The maximum Gasteiger partial charge on any atom is 0.233 e. The van der Waals surface area contributed by atoms with E-state index < -0.39 is 35.0 Å². The zero-order valence-electron chi connectivity index (χ0n) is 28.3. The van der Waals surface area contributed by atoms with E-state index >= 15 is 9.59 Å². The zero-order valence-corrected chi connectivity index (χ0v) is 28.3. The number of phenols is 1. The van der Waals surface area contributed by atoms with Crippen molar-refractivity contribution in [2.45, 2.75) is 62.3 Å². The third kappa shape index (κ3) is 4.63.